The highest BCUT2D eigenvalue weighted by atomic mass is 16.5. The van der Waals surface area contributed by atoms with Crippen LogP contribution in [0.2, 0.25) is 0 Å². The molecule has 0 unspecified atom stereocenters. The number of hydrogen-bond acceptors (Lipinski definition) is 2. The minimum absolute atomic E-state index is 0.0581. The van der Waals surface area contributed by atoms with Gasteiger partial charge < -0.3 is 4.74 Å². The molecule has 2 heteroatoms. The van der Waals surface area contributed by atoms with Crippen molar-refractivity contribution >= 4 is 6.47 Å². The van der Waals surface area contributed by atoms with Crippen LogP contribution in [0, 0.1) is 17.8 Å². The summed E-state index contributed by atoms with van der Waals surface area (Å²) in [5.41, 5.74) is 0. The summed E-state index contributed by atoms with van der Waals surface area (Å²) in [5, 5.41) is 0. The third-order valence-corrected chi connectivity index (χ3v) is 3.41. The van der Waals surface area contributed by atoms with E-state index < -0.39 is 0 Å². The highest BCUT2D eigenvalue weighted by Gasteiger charge is 2.14. The van der Waals surface area contributed by atoms with Crippen molar-refractivity contribution in [3.05, 3.63) is 0 Å². The van der Waals surface area contributed by atoms with Crippen LogP contribution in [-0.4, -0.2) is 12.6 Å². The van der Waals surface area contributed by atoms with Crippen molar-refractivity contribution < 1.29 is 9.53 Å². The topological polar surface area (TPSA) is 26.3 Å². The molecule has 102 valence electrons. The molecule has 0 aromatic heterocycles. The summed E-state index contributed by atoms with van der Waals surface area (Å²) < 4.78 is 4.93. The van der Waals surface area contributed by atoms with Gasteiger partial charge in [-0.1, -0.05) is 40.5 Å². The zero-order valence-electron chi connectivity index (χ0n) is 12.2. The first-order valence-corrected chi connectivity index (χ1v) is 7.08. The SMILES string of the molecule is CCC[C@@H](C)C[C@@H](C)C[C@@H](C)C[C@@H](C)OC=O. The van der Waals surface area contributed by atoms with Crippen LogP contribution in [-0.2, 0) is 9.53 Å². The Morgan fingerprint density at radius 2 is 1.47 bits per heavy atom. The van der Waals surface area contributed by atoms with E-state index in [4.69, 9.17) is 4.74 Å². The van der Waals surface area contributed by atoms with Gasteiger partial charge in [0, 0.05) is 0 Å². The summed E-state index contributed by atoms with van der Waals surface area (Å²) >= 11 is 0. The second-order valence-corrected chi connectivity index (χ2v) is 5.85. The Balaban J connectivity index is 3.78. The number of ether oxygens (including phenoxy) is 1. The minimum Gasteiger partial charge on any atom is -0.465 e. The highest BCUT2D eigenvalue weighted by molar-refractivity contribution is 5.37. The molecule has 0 aromatic carbocycles. The number of hydrogen-bond donors (Lipinski definition) is 0. The summed E-state index contributed by atoms with van der Waals surface area (Å²) in [6, 6.07) is 0. The molecule has 0 amide bonds. The van der Waals surface area contributed by atoms with Crippen molar-refractivity contribution in [2.75, 3.05) is 0 Å². The Labute approximate surface area is 107 Å². The van der Waals surface area contributed by atoms with Gasteiger partial charge in [-0.2, -0.15) is 0 Å². The lowest BCUT2D eigenvalue weighted by Crippen LogP contribution is -2.14. The monoisotopic (exact) mass is 242 g/mol. The summed E-state index contributed by atoms with van der Waals surface area (Å²) in [6.45, 7) is 11.7. The highest BCUT2D eigenvalue weighted by Crippen LogP contribution is 2.24. The lowest BCUT2D eigenvalue weighted by molar-refractivity contribution is -0.133. The number of carbonyl (C=O) groups is 1. The first kappa shape index (κ1) is 16.5. The van der Waals surface area contributed by atoms with Gasteiger partial charge in [0.05, 0.1) is 6.10 Å². The lowest BCUT2D eigenvalue weighted by atomic mass is 9.86. The molecule has 0 saturated heterocycles. The maximum atomic E-state index is 10.2. The fourth-order valence-electron chi connectivity index (χ4n) is 2.89. The van der Waals surface area contributed by atoms with Crippen molar-refractivity contribution in [3.8, 4) is 0 Å². The van der Waals surface area contributed by atoms with Crippen LogP contribution in [0.4, 0.5) is 0 Å². The van der Waals surface area contributed by atoms with Gasteiger partial charge in [-0.3, -0.25) is 4.79 Å². The molecule has 0 spiro atoms. The van der Waals surface area contributed by atoms with E-state index in [1.807, 2.05) is 6.92 Å². The molecule has 0 N–H and O–H groups in total. The van der Waals surface area contributed by atoms with Crippen LogP contribution < -0.4 is 0 Å². The average Bonchev–Trinajstić information content (AvgIpc) is 2.16. The molecule has 0 aliphatic carbocycles. The van der Waals surface area contributed by atoms with Crippen LogP contribution in [0.5, 0.6) is 0 Å². The summed E-state index contributed by atoms with van der Waals surface area (Å²) in [5.74, 6) is 2.25. The Bertz CT molecular complexity index is 191. The molecule has 0 fully saturated rings. The van der Waals surface area contributed by atoms with Crippen LogP contribution in [0.25, 0.3) is 0 Å². The minimum atomic E-state index is 0.0581. The van der Waals surface area contributed by atoms with Crippen molar-refractivity contribution in [3.63, 3.8) is 0 Å². The van der Waals surface area contributed by atoms with Crippen molar-refractivity contribution in [1.29, 1.82) is 0 Å². The quantitative estimate of drug-likeness (QED) is 0.530. The zero-order chi connectivity index (χ0) is 13.3. The van der Waals surface area contributed by atoms with E-state index in [9.17, 15) is 4.79 Å². The summed E-state index contributed by atoms with van der Waals surface area (Å²) in [7, 11) is 0. The third-order valence-electron chi connectivity index (χ3n) is 3.41. The second-order valence-electron chi connectivity index (χ2n) is 5.85. The van der Waals surface area contributed by atoms with Gasteiger partial charge >= 0.3 is 0 Å². The molecule has 0 rings (SSSR count). The van der Waals surface area contributed by atoms with Gasteiger partial charge in [-0.05, 0) is 43.9 Å². The number of rotatable bonds is 10. The van der Waals surface area contributed by atoms with Crippen molar-refractivity contribution in [1.82, 2.24) is 0 Å². The number of carbonyl (C=O) groups excluding carboxylic acids is 1. The van der Waals surface area contributed by atoms with E-state index in [1.54, 1.807) is 0 Å². The Hall–Kier alpha value is -0.530. The van der Waals surface area contributed by atoms with Crippen LogP contribution in [0.3, 0.4) is 0 Å². The predicted molar refractivity (Wildman–Crippen MR) is 72.9 cm³/mol. The molecule has 17 heavy (non-hydrogen) atoms. The van der Waals surface area contributed by atoms with Gasteiger partial charge in [0.25, 0.3) is 6.47 Å². The second kappa shape index (κ2) is 9.49. The fourth-order valence-corrected chi connectivity index (χ4v) is 2.89. The van der Waals surface area contributed by atoms with Crippen LogP contribution >= 0.6 is 0 Å². The normalized spacial score (nSPS) is 18.2. The summed E-state index contributed by atoms with van der Waals surface area (Å²) in [6.07, 6.45) is 6.21. The molecular formula is C15H30O2. The molecule has 2 nitrogen and oxygen atoms in total. The van der Waals surface area contributed by atoms with Crippen LogP contribution in [0.15, 0.2) is 0 Å². The van der Waals surface area contributed by atoms with E-state index in [1.165, 1.54) is 25.7 Å². The molecule has 0 aliphatic heterocycles. The molecule has 0 radical (unpaired) electrons. The van der Waals surface area contributed by atoms with Gasteiger partial charge in [-0.15, -0.1) is 0 Å². The van der Waals surface area contributed by atoms with Gasteiger partial charge in [0.15, 0.2) is 0 Å². The van der Waals surface area contributed by atoms with Gasteiger partial charge in [-0.25, -0.2) is 0 Å². The first-order valence-electron chi connectivity index (χ1n) is 7.08. The van der Waals surface area contributed by atoms with E-state index in [2.05, 4.69) is 27.7 Å². The maximum Gasteiger partial charge on any atom is 0.293 e. The van der Waals surface area contributed by atoms with E-state index in [-0.39, 0.29) is 6.10 Å². The van der Waals surface area contributed by atoms with E-state index in [0.29, 0.717) is 12.4 Å². The van der Waals surface area contributed by atoms with Crippen LogP contribution in [0.1, 0.15) is 66.7 Å². The summed E-state index contributed by atoms with van der Waals surface area (Å²) in [4.78, 5) is 10.2. The Morgan fingerprint density at radius 1 is 0.941 bits per heavy atom. The van der Waals surface area contributed by atoms with E-state index in [0.717, 1.165) is 18.3 Å². The van der Waals surface area contributed by atoms with Crippen molar-refractivity contribution in [2.24, 2.45) is 17.8 Å². The molecule has 0 aromatic rings. The molecule has 0 heterocycles. The third kappa shape index (κ3) is 9.20. The molecule has 4 atom stereocenters. The van der Waals surface area contributed by atoms with Gasteiger partial charge in [0.1, 0.15) is 0 Å². The predicted octanol–water partition coefficient (Wildman–Crippen LogP) is 4.43. The standard InChI is InChI=1S/C15H30O2/c1-6-7-12(2)8-13(3)9-14(4)10-15(5)17-11-16/h11-15H,6-10H2,1-5H3/t12-,13-,14-,15-/m1/s1. The average molecular weight is 242 g/mol. The Morgan fingerprint density at radius 3 is 2.00 bits per heavy atom. The molecule has 0 aliphatic rings. The van der Waals surface area contributed by atoms with E-state index >= 15 is 0 Å². The Kier molecular flexibility index (Phi) is 9.20. The smallest absolute Gasteiger partial charge is 0.293 e. The molecule has 0 bridgehead atoms. The van der Waals surface area contributed by atoms with Gasteiger partial charge in [0.2, 0.25) is 0 Å². The lowest BCUT2D eigenvalue weighted by Gasteiger charge is -2.22. The largest absolute Gasteiger partial charge is 0.465 e. The zero-order valence-corrected chi connectivity index (χ0v) is 12.2. The fraction of sp³-hybridized carbons (Fsp3) is 0.933. The molecular weight excluding hydrogens is 212 g/mol. The first-order chi connectivity index (χ1) is 7.99. The molecule has 0 saturated carbocycles. The maximum absolute atomic E-state index is 10.2. The van der Waals surface area contributed by atoms with Crippen molar-refractivity contribution in [2.45, 2.75) is 72.8 Å².